The van der Waals surface area contributed by atoms with Crippen molar-refractivity contribution in [2.24, 2.45) is 0 Å². The largest absolute Gasteiger partial charge is 0.495 e. The molecule has 2 heterocycles. The van der Waals surface area contributed by atoms with Crippen LogP contribution in [0.25, 0.3) is 5.65 Å². The molecule has 1 aromatic carbocycles. The predicted molar refractivity (Wildman–Crippen MR) is 100 cm³/mol. The monoisotopic (exact) mass is 364 g/mol. The summed E-state index contributed by atoms with van der Waals surface area (Å²) in [6, 6.07) is 13.3. The molecule has 3 aromatic rings. The van der Waals surface area contributed by atoms with Crippen molar-refractivity contribution < 1.29 is 19.0 Å². The van der Waals surface area contributed by atoms with Crippen LogP contribution in [-0.2, 0) is 20.9 Å². The average molecular weight is 364 g/mol. The van der Waals surface area contributed by atoms with Crippen LogP contribution in [0.5, 0.6) is 5.75 Å². The van der Waals surface area contributed by atoms with Crippen LogP contribution in [-0.4, -0.2) is 35.7 Å². The number of imidazole rings is 1. The molecule has 0 unspecified atom stereocenters. The molecule has 0 bridgehead atoms. The first kappa shape index (κ1) is 18.5. The van der Waals surface area contributed by atoms with Gasteiger partial charge in [-0.15, -0.1) is 0 Å². The first-order chi connectivity index (χ1) is 13.2. The number of hydrogen-bond acceptors (Lipinski definition) is 5. The summed E-state index contributed by atoms with van der Waals surface area (Å²) in [7, 11) is 1.61. The first-order valence-corrected chi connectivity index (χ1v) is 8.57. The highest BCUT2D eigenvalue weighted by Gasteiger charge is 2.11. The number of pyridine rings is 1. The molecule has 0 saturated carbocycles. The Hall–Kier alpha value is -3.30. The summed E-state index contributed by atoms with van der Waals surface area (Å²) in [6.07, 6.45) is 1.89. The molecule has 0 radical (unpaired) electrons. The Labute approximate surface area is 157 Å². The van der Waals surface area contributed by atoms with E-state index >= 15 is 0 Å². The van der Waals surface area contributed by atoms with E-state index in [-0.39, 0.29) is 13.2 Å². The summed E-state index contributed by atoms with van der Waals surface area (Å²) in [5, 5.41) is 0. The summed E-state index contributed by atoms with van der Waals surface area (Å²) in [4.78, 5) is 16.0. The summed E-state index contributed by atoms with van der Waals surface area (Å²) in [5.74, 6) is 6.61. The lowest BCUT2D eigenvalue weighted by Gasteiger charge is -2.03. The number of methoxy groups -OCH3 is 1. The number of carbonyl (C=O) groups excluding carboxylic acids is 1. The van der Waals surface area contributed by atoms with E-state index < -0.39 is 5.97 Å². The highest BCUT2D eigenvalue weighted by Crippen LogP contribution is 2.17. The van der Waals surface area contributed by atoms with Crippen molar-refractivity contribution >= 4 is 11.6 Å². The van der Waals surface area contributed by atoms with Crippen molar-refractivity contribution in [2.75, 3.05) is 20.3 Å². The molecule has 0 aliphatic carbocycles. The molecule has 0 atom stereocenters. The number of benzene rings is 1. The second-order valence-corrected chi connectivity index (χ2v) is 5.58. The van der Waals surface area contributed by atoms with E-state index in [9.17, 15) is 4.79 Å². The van der Waals surface area contributed by atoms with E-state index in [1.807, 2.05) is 53.1 Å². The smallest absolute Gasteiger partial charge is 0.332 e. The number of nitrogens with zero attached hydrogens (tertiary/aromatic N) is 2. The average Bonchev–Trinajstić information content (AvgIpc) is 3.04. The van der Waals surface area contributed by atoms with Crippen LogP contribution in [0, 0.1) is 11.8 Å². The molecule has 0 fully saturated rings. The number of carbonyl (C=O) groups is 1. The van der Waals surface area contributed by atoms with E-state index in [1.165, 1.54) is 0 Å². The van der Waals surface area contributed by atoms with E-state index in [0.29, 0.717) is 23.7 Å². The van der Waals surface area contributed by atoms with Gasteiger partial charge in [-0.25, -0.2) is 9.78 Å². The third kappa shape index (κ3) is 4.46. The summed E-state index contributed by atoms with van der Waals surface area (Å²) in [5.41, 5.74) is 2.91. The molecule has 0 amide bonds. The zero-order valence-electron chi connectivity index (χ0n) is 15.3. The molecule has 0 aliphatic rings. The van der Waals surface area contributed by atoms with E-state index in [4.69, 9.17) is 14.2 Å². The van der Waals surface area contributed by atoms with Crippen LogP contribution >= 0.6 is 0 Å². The minimum Gasteiger partial charge on any atom is -0.495 e. The fraction of sp³-hybridized carbons (Fsp3) is 0.238. The number of esters is 1. The van der Waals surface area contributed by atoms with Crippen molar-refractivity contribution in [1.82, 2.24) is 9.38 Å². The van der Waals surface area contributed by atoms with Gasteiger partial charge in [0.2, 0.25) is 0 Å². The standard InChI is InChI=1S/C21H20N2O4/c1-3-27-21(24)15-26-14-17-18(23-13-7-6-10-20(23)22-17)12-11-16-8-4-5-9-19(16)25-2/h4-10,13H,3,14-15H2,1-2H3. The van der Waals surface area contributed by atoms with Gasteiger partial charge >= 0.3 is 5.97 Å². The summed E-state index contributed by atoms with van der Waals surface area (Å²) in [6.45, 7) is 2.12. The SMILES string of the molecule is CCOC(=O)COCc1nc2ccccn2c1C#Cc1ccccc1OC. The molecule has 138 valence electrons. The minimum atomic E-state index is -0.400. The van der Waals surface area contributed by atoms with Crippen molar-refractivity contribution in [3.63, 3.8) is 0 Å². The maximum Gasteiger partial charge on any atom is 0.332 e. The zero-order valence-corrected chi connectivity index (χ0v) is 15.3. The van der Waals surface area contributed by atoms with Crippen molar-refractivity contribution in [2.45, 2.75) is 13.5 Å². The Morgan fingerprint density at radius 3 is 2.78 bits per heavy atom. The quantitative estimate of drug-likeness (QED) is 0.497. The molecule has 0 spiro atoms. The highest BCUT2D eigenvalue weighted by molar-refractivity contribution is 5.70. The summed E-state index contributed by atoms with van der Waals surface area (Å²) >= 11 is 0. The van der Waals surface area contributed by atoms with Gasteiger partial charge in [0, 0.05) is 6.20 Å². The lowest BCUT2D eigenvalue weighted by atomic mass is 10.2. The van der Waals surface area contributed by atoms with Gasteiger partial charge in [0.05, 0.1) is 25.9 Å². The van der Waals surface area contributed by atoms with Gasteiger partial charge in [0.1, 0.15) is 29.4 Å². The number of aromatic nitrogens is 2. The number of rotatable bonds is 6. The molecule has 27 heavy (non-hydrogen) atoms. The number of fused-ring (bicyclic) bond motifs is 1. The van der Waals surface area contributed by atoms with Crippen molar-refractivity contribution in [1.29, 1.82) is 0 Å². The summed E-state index contributed by atoms with van der Waals surface area (Å²) < 4.78 is 17.6. The van der Waals surface area contributed by atoms with Gasteiger partial charge in [0.15, 0.2) is 0 Å². The third-order valence-corrected chi connectivity index (χ3v) is 3.79. The highest BCUT2D eigenvalue weighted by atomic mass is 16.6. The zero-order chi connectivity index (χ0) is 19.1. The second-order valence-electron chi connectivity index (χ2n) is 5.58. The van der Waals surface area contributed by atoms with Gasteiger partial charge < -0.3 is 14.2 Å². The maximum absolute atomic E-state index is 11.5. The van der Waals surface area contributed by atoms with E-state index in [1.54, 1.807) is 14.0 Å². The van der Waals surface area contributed by atoms with Crippen LogP contribution < -0.4 is 4.74 Å². The first-order valence-electron chi connectivity index (χ1n) is 8.57. The fourth-order valence-electron chi connectivity index (χ4n) is 2.59. The van der Waals surface area contributed by atoms with Gasteiger partial charge in [-0.05, 0) is 37.1 Å². The topological polar surface area (TPSA) is 62.1 Å². The fourth-order valence-corrected chi connectivity index (χ4v) is 2.59. The molecule has 6 nitrogen and oxygen atoms in total. The Balaban J connectivity index is 1.90. The Morgan fingerprint density at radius 1 is 1.15 bits per heavy atom. The molecular weight excluding hydrogens is 344 g/mol. The van der Waals surface area contributed by atoms with Gasteiger partial charge in [-0.1, -0.05) is 24.1 Å². The second kappa shape index (κ2) is 8.88. The minimum absolute atomic E-state index is 0.124. The number of hydrogen-bond donors (Lipinski definition) is 0. The molecule has 2 aromatic heterocycles. The van der Waals surface area contributed by atoms with Crippen LogP contribution in [0.2, 0.25) is 0 Å². The number of ether oxygens (including phenoxy) is 3. The third-order valence-electron chi connectivity index (χ3n) is 3.79. The van der Waals surface area contributed by atoms with E-state index in [2.05, 4.69) is 16.8 Å². The maximum atomic E-state index is 11.5. The van der Waals surface area contributed by atoms with Crippen LogP contribution in [0.3, 0.4) is 0 Å². The van der Waals surface area contributed by atoms with E-state index in [0.717, 1.165) is 11.2 Å². The number of para-hydroxylation sites is 1. The van der Waals surface area contributed by atoms with Crippen LogP contribution in [0.4, 0.5) is 0 Å². The van der Waals surface area contributed by atoms with Gasteiger partial charge in [0.25, 0.3) is 0 Å². The Morgan fingerprint density at radius 2 is 1.96 bits per heavy atom. The van der Waals surface area contributed by atoms with Crippen molar-refractivity contribution in [3.8, 4) is 17.6 Å². The lowest BCUT2D eigenvalue weighted by Crippen LogP contribution is -2.12. The molecule has 0 aliphatic heterocycles. The van der Waals surface area contributed by atoms with Crippen LogP contribution in [0.15, 0.2) is 48.7 Å². The molecule has 6 heteroatoms. The molecule has 0 N–H and O–H groups in total. The molecular formula is C21H20N2O4. The lowest BCUT2D eigenvalue weighted by molar-refractivity contribution is -0.148. The van der Waals surface area contributed by atoms with Crippen molar-refractivity contribution in [3.05, 3.63) is 65.6 Å². The molecule has 3 rings (SSSR count). The predicted octanol–water partition coefficient (Wildman–Crippen LogP) is 2.82. The Bertz CT molecular complexity index is 998. The van der Waals surface area contributed by atoms with Gasteiger partial charge in [-0.2, -0.15) is 0 Å². The normalized spacial score (nSPS) is 10.3. The molecule has 0 saturated heterocycles. The Kier molecular flexibility index (Phi) is 6.08. The van der Waals surface area contributed by atoms with Gasteiger partial charge in [-0.3, -0.25) is 4.40 Å². The van der Waals surface area contributed by atoms with Crippen LogP contribution in [0.1, 0.15) is 23.9 Å².